The van der Waals surface area contributed by atoms with Crippen LogP contribution in [0.15, 0.2) is 36.1 Å². The highest BCUT2D eigenvalue weighted by atomic mass is 16.5. The third kappa shape index (κ3) is 1.64. The quantitative estimate of drug-likeness (QED) is 0.632. The Morgan fingerprint density at radius 2 is 1.92 bits per heavy atom. The number of ether oxygens (including phenoxy) is 1. The summed E-state index contributed by atoms with van der Waals surface area (Å²) in [6.07, 6.45) is 7.24. The molecule has 0 fully saturated rings. The van der Waals surface area contributed by atoms with Gasteiger partial charge in [-0.2, -0.15) is 0 Å². The molecule has 1 aliphatic rings. The lowest BCUT2D eigenvalue weighted by Crippen LogP contribution is -1.83. The zero-order valence-electron chi connectivity index (χ0n) is 7.66. The predicted molar refractivity (Wildman–Crippen MR) is 55.1 cm³/mol. The number of allylic oxidation sites excluding steroid dienone is 1. The number of benzene rings is 1. The van der Waals surface area contributed by atoms with Crippen molar-refractivity contribution in [3.8, 4) is 0 Å². The molecule has 0 atom stereocenters. The third-order valence-electron chi connectivity index (χ3n) is 2.19. The summed E-state index contributed by atoms with van der Waals surface area (Å²) < 4.78 is 5.24. The van der Waals surface area contributed by atoms with Crippen LogP contribution in [0.5, 0.6) is 0 Å². The van der Waals surface area contributed by atoms with Gasteiger partial charge in [-0.25, -0.2) is 0 Å². The van der Waals surface area contributed by atoms with Crippen LogP contribution in [-0.4, -0.2) is 7.11 Å². The van der Waals surface area contributed by atoms with Crippen LogP contribution < -0.4 is 0 Å². The number of fused-ring (bicyclic) bond motifs is 1. The van der Waals surface area contributed by atoms with Crippen molar-refractivity contribution in [2.24, 2.45) is 0 Å². The Morgan fingerprint density at radius 1 is 1.15 bits per heavy atom. The van der Waals surface area contributed by atoms with E-state index < -0.39 is 0 Å². The first-order valence-corrected chi connectivity index (χ1v) is 4.40. The van der Waals surface area contributed by atoms with Crippen molar-refractivity contribution >= 4 is 12.2 Å². The second-order valence-corrected chi connectivity index (χ2v) is 3.05. The molecule has 0 spiro atoms. The molecule has 1 heteroatoms. The van der Waals surface area contributed by atoms with E-state index in [0.29, 0.717) is 0 Å². The van der Waals surface area contributed by atoms with Gasteiger partial charge in [0.15, 0.2) is 0 Å². The number of rotatable bonds is 1. The lowest BCUT2D eigenvalue weighted by atomic mass is 10.1. The fourth-order valence-electron chi connectivity index (χ4n) is 1.47. The van der Waals surface area contributed by atoms with Gasteiger partial charge in [0.1, 0.15) is 0 Å². The minimum atomic E-state index is 0.880. The lowest BCUT2D eigenvalue weighted by Gasteiger charge is -2.01. The van der Waals surface area contributed by atoms with Gasteiger partial charge in [-0.05, 0) is 17.2 Å². The molecule has 2 rings (SSSR count). The summed E-state index contributed by atoms with van der Waals surface area (Å²) in [5.74, 6) is 1.02. The summed E-state index contributed by atoms with van der Waals surface area (Å²) >= 11 is 0. The van der Waals surface area contributed by atoms with E-state index in [9.17, 15) is 0 Å². The second kappa shape index (κ2) is 3.48. The summed E-state index contributed by atoms with van der Waals surface area (Å²) in [5.41, 5.74) is 2.49. The first-order valence-electron chi connectivity index (χ1n) is 4.40. The van der Waals surface area contributed by atoms with Crippen molar-refractivity contribution in [3.63, 3.8) is 0 Å². The first kappa shape index (κ1) is 8.11. The summed E-state index contributed by atoms with van der Waals surface area (Å²) in [6, 6.07) is 8.31. The zero-order valence-corrected chi connectivity index (χ0v) is 7.66. The van der Waals surface area contributed by atoms with Gasteiger partial charge in [0, 0.05) is 6.42 Å². The van der Waals surface area contributed by atoms with Gasteiger partial charge in [-0.3, -0.25) is 0 Å². The van der Waals surface area contributed by atoms with E-state index in [2.05, 4.69) is 36.4 Å². The molecule has 0 amide bonds. The van der Waals surface area contributed by atoms with Gasteiger partial charge >= 0.3 is 0 Å². The summed E-state index contributed by atoms with van der Waals surface area (Å²) in [5, 5.41) is 0. The van der Waals surface area contributed by atoms with Crippen LogP contribution in [0.2, 0.25) is 0 Å². The normalized spacial score (nSPS) is 14.4. The van der Waals surface area contributed by atoms with E-state index in [-0.39, 0.29) is 0 Å². The molecule has 66 valence electrons. The minimum Gasteiger partial charge on any atom is -0.501 e. The van der Waals surface area contributed by atoms with Crippen molar-refractivity contribution in [2.45, 2.75) is 6.42 Å². The van der Waals surface area contributed by atoms with E-state index in [4.69, 9.17) is 4.74 Å². The maximum absolute atomic E-state index is 5.24. The SMILES string of the molecule is COC1=Cc2ccccc2C=CC1. The smallest absolute Gasteiger partial charge is 0.0999 e. The van der Waals surface area contributed by atoms with E-state index in [1.165, 1.54) is 11.1 Å². The topological polar surface area (TPSA) is 9.23 Å². The summed E-state index contributed by atoms with van der Waals surface area (Å²) in [6.45, 7) is 0. The first-order chi connectivity index (χ1) is 6.40. The highest BCUT2D eigenvalue weighted by Crippen LogP contribution is 2.20. The maximum Gasteiger partial charge on any atom is 0.0999 e. The molecule has 0 aliphatic heterocycles. The zero-order chi connectivity index (χ0) is 9.10. The Hall–Kier alpha value is -1.50. The fraction of sp³-hybridized carbons (Fsp3) is 0.167. The average Bonchev–Trinajstić information content (AvgIpc) is 2.38. The molecule has 0 bridgehead atoms. The third-order valence-corrected chi connectivity index (χ3v) is 2.19. The molecule has 1 nitrogen and oxygen atoms in total. The van der Waals surface area contributed by atoms with Crippen molar-refractivity contribution in [1.29, 1.82) is 0 Å². The van der Waals surface area contributed by atoms with Crippen LogP contribution in [0.4, 0.5) is 0 Å². The molecule has 0 saturated carbocycles. The fourth-order valence-corrected chi connectivity index (χ4v) is 1.47. The predicted octanol–water partition coefficient (Wildman–Crippen LogP) is 3.09. The Bertz CT molecular complexity index is 361. The van der Waals surface area contributed by atoms with Crippen LogP contribution in [0.1, 0.15) is 17.5 Å². The minimum absolute atomic E-state index is 0.880. The molecule has 1 aromatic rings. The molecule has 0 unspecified atom stereocenters. The molecule has 1 aliphatic carbocycles. The molecule has 0 saturated heterocycles. The van der Waals surface area contributed by atoms with Gasteiger partial charge in [0.05, 0.1) is 12.9 Å². The van der Waals surface area contributed by atoms with Crippen molar-refractivity contribution < 1.29 is 4.74 Å². The molecule has 1 aromatic carbocycles. The summed E-state index contributed by atoms with van der Waals surface area (Å²) in [7, 11) is 1.72. The maximum atomic E-state index is 5.24. The van der Waals surface area contributed by atoms with Crippen LogP contribution in [-0.2, 0) is 4.74 Å². The van der Waals surface area contributed by atoms with Crippen LogP contribution >= 0.6 is 0 Å². The molecule has 0 N–H and O–H groups in total. The van der Waals surface area contributed by atoms with E-state index >= 15 is 0 Å². The van der Waals surface area contributed by atoms with Crippen LogP contribution in [0.25, 0.3) is 12.2 Å². The van der Waals surface area contributed by atoms with Crippen molar-refractivity contribution in [2.75, 3.05) is 7.11 Å². The van der Waals surface area contributed by atoms with Gasteiger partial charge in [-0.1, -0.05) is 36.4 Å². The highest BCUT2D eigenvalue weighted by molar-refractivity contribution is 5.68. The Labute approximate surface area is 78.3 Å². The van der Waals surface area contributed by atoms with E-state index in [1.54, 1.807) is 7.11 Å². The number of hydrogen-bond donors (Lipinski definition) is 0. The van der Waals surface area contributed by atoms with Gasteiger partial charge < -0.3 is 4.74 Å². The number of methoxy groups -OCH3 is 1. The largest absolute Gasteiger partial charge is 0.501 e. The monoisotopic (exact) mass is 172 g/mol. The second-order valence-electron chi connectivity index (χ2n) is 3.05. The molecule has 0 heterocycles. The van der Waals surface area contributed by atoms with Gasteiger partial charge in [-0.15, -0.1) is 0 Å². The molecular weight excluding hydrogens is 160 g/mol. The average molecular weight is 172 g/mol. The molecular formula is C12H12O. The van der Waals surface area contributed by atoms with E-state index in [0.717, 1.165) is 12.2 Å². The summed E-state index contributed by atoms with van der Waals surface area (Å²) in [4.78, 5) is 0. The Balaban J connectivity index is 2.49. The Kier molecular flexibility index (Phi) is 2.17. The molecule has 0 radical (unpaired) electrons. The number of hydrogen-bond acceptors (Lipinski definition) is 1. The van der Waals surface area contributed by atoms with E-state index in [1.807, 2.05) is 6.07 Å². The van der Waals surface area contributed by atoms with Crippen LogP contribution in [0.3, 0.4) is 0 Å². The van der Waals surface area contributed by atoms with Crippen molar-refractivity contribution in [3.05, 3.63) is 47.2 Å². The van der Waals surface area contributed by atoms with Crippen molar-refractivity contribution in [1.82, 2.24) is 0 Å². The van der Waals surface area contributed by atoms with Crippen LogP contribution in [0, 0.1) is 0 Å². The standard InChI is InChI=1S/C12H12O/c1-13-12-8-4-7-10-5-2-3-6-11(10)9-12/h2-7,9H,8H2,1H3. The lowest BCUT2D eigenvalue weighted by molar-refractivity contribution is 0.289. The van der Waals surface area contributed by atoms with Gasteiger partial charge in [0.25, 0.3) is 0 Å². The molecule has 13 heavy (non-hydrogen) atoms. The Morgan fingerprint density at radius 3 is 2.69 bits per heavy atom. The van der Waals surface area contributed by atoms with Gasteiger partial charge in [0.2, 0.25) is 0 Å². The highest BCUT2D eigenvalue weighted by Gasteiger charge is 2.02. The molecule has 0 aromatic heterocycles.